The van der Waals surface area contributed by atoms with Crippen LogP contribution in [0.5, 0.6) is 0 Å². The van der Waals surface area contributed by atoms with Crippen molar-refractivity contribution in [2.75, 3.05) is 6.61 Å². The lowest BCUT2D eigenvalue weighted by atomic mass is 9.73. The highest BCUT2D eigenvalue weighted by molar-refractivity contribution is 6.17. The van der Waals surface area contributed by atoms with Crippen LogP contribution in [-0.4, -0.2) is 18.5 Å². The molecule has 0 bridgehead atoms. The van der Waals surface area contributed by atoms with E-state index in [9.17, 15) is 9.59 Å². The first-order valence-corrected chi connectivity index (χ1v) is 9.37. The van der Waals surface area contributed by atoms with Crippen LogP contribution in [0.2, 0.25) is 0 Å². The molecule has 4 nitrogen and oxygen atoms in total. The van der Waals surface area contributed by atoms with Crippen molar-refractivity contribution in [3.05, 3.63) is 83.1 Å². The van der Waals surface area contributed by atoms with Gasteiger partial charge >= 0.3 is 11.9 Å². The molecule has 0 aromatic heterocycles. The Balaban J connectivity index is 1.83. The number of rotatable bonds is 5. The van der Waals surface area contributed by atoms with Crippen molar-refractivity contribution >= 4 is 23.6 Å². The average Bonchev–Trinajstić information content (AvgIpc) is 2.68. The van der Waals surface area contributed by atoms with E-state index in [-0.39, 0.29) is 11.4 Å². The third kappa shape index (κ3) is 4.22. The number of ether oxygens (including phenoxy) is 2. The number of hydrogen-bond donors (Lipinski definition) is 0. The molecule has 0 radical (unpaired) electrons. The van der Waals surface area contributed by atoms with E-state index in [4.69, 9.17) is 9.47 Å². The molecular weight excluding hydrogens is 352 g/mol. The predicted octanol–water partition coefficient (Wildman–Crippen LogP) is 5.14. The summed E-state index contributed by atoms with van der Waals surface area (Å²) in [5.41, 5.74) is 3.84. The fraction of sp³-hybridized carbons (Fsp3) is 0.250. The molecule has 0 saturated carbocycles. The molecule has 144 valence electrons. The van der Waals surface area contributed by atoms with Gasteiger partial charge in [0.1, 0.15) is 0 Å². The van der Waals surface area contributed by atoms with Crippen molar-refractivity contribution in [1.29, 1.82) is 0 Å². The summed E-state index contributed by atoms with van der Waals surface area (Å²) in [5.74, 6) is -0.723. The van der Waals surface area contributed by atoms with Gasteiger partial charge in [-0.3, -0.25) is 0 Å². The van der Waals surface area contributed by atoms with E-state index in [0.29, 0.717) is 17.7 Å². The van der Waals surface area contributed by atoms with E-state index in [1.807, 2.05) is 30.3 Å². The fourth-order valence-electron chi connectivity index (χ4n) is 3.27. The molecule has 0 aliphatic heterocycles. The largest absolute Gasteiger partial charge is 0.462 e. The second-order valence-electron chi connectivity index (χ2n) is 7.31. The van der Waals surface area contributed by atoms with Crippen LogP contribution in [0.15, 0.2) is 60.9 Å². The van der Waals surface area contributed by atoms with Crippen molar-refractivity contribution in [1.82, 2.24) is 0 Å². The highest BCUT2D eigenvalue weighted by Gasteiger charge is 2.31. The van der Waals surface area contributed by atoms with Gasteiger partial charge in [-0.2, -0.15) is 0 Å². The van der Waals surface area contributed by atoms with Crippen LogP contribution in [0.25, 0.3) is 11.6 Å². The number of hydrogen-bond acceptors (Lipinski definition) is 4. The van der Waals surface area contributed by atoms with Gasteiger partial charge in [-0.05, 0) is 59.7 Å². The maximum Gasteiger partial charge on any atom is 0.342 e. The maximum atomic E-state index is 12.4. The van der Waals surface area contributed by atoms with E-state index in [1.54, 1.807) is 37.3 Å². The lowest BCUT2D eigenvalue weighted by Crippen LogP contribution is -2.24. The maximum absolute atomic E-state index is 12.4. The third-order valence-electron chi connectivity index (χ3n) is 4.82. The average molecular weight is 376 g/mol. The van der Waals surface area contributed by atoms with Crippen molar-refractivity contribution in [2.45, 2.75) is 32.6 Å². The Morgan fingerprint density at radius 2 is 1.82 bits per heavy atom. The highest BCUT2D eigenvalue weighted by atomic mass is 16.5. The van der Waals surface area contributed by atoms with Gasteiger partial charge in [0.05, 0.1) is 24.0 Å². The molecule has 3 rings (SSSR count). The van der Waals surface area contributed by atoms with E-state index < -0.39 is 5.97 Å². The second-order valence-corrected chi connectivity index (χ2v) is 7.31. The molecule has 0 spiro atoms. The van der Waals surface area contributed by atoms with Crippen LogP contribution in [-0.2, 0) is 19.7 Å². The molecule has 0 N–H and O–H groups in total. The molecule has 0 unspecified atom stereocenters. The predicted molar refractivity (Wildman–Crippen MR) is 110 cm³/mol. The van der Waals surface area contributed by atoms with Crippen molar-refractivity contribution < 1.29 is 19.1 Å². The smallest absolute Gasteiger partial charge is 0.342 e. The fourth-order valence-corrected chi connectivity index (χ4v) is 3.27. The molecular formula is C24H24O4. The first kappa shape index (κ1) is 19.6. The molecule has 4 heteroatoms. The molecule has 2 aromatic carbocycles. The van der Waals surface area contributed by atoms with Gasteiger partial charge in [-0.25, -0.2) is 9.59 Å². The zero-order chi connectivity index (χ0) is 20.1. The Bertz CT molecular complexity index is 936. The molecule has 1 aliphatic carbocycles. The van der Waals surface area contributed by atoms with Crippen LogP contribution in [0.3, 0.4) is 0 Å². The minimum Gasteiger partial charge on any atom is -0.462 e. The molecule has 0 heterocycles. The van der Waals surface area contributed by atoms with Gasteiger partial charge in [0.2, 0.25) is 0 Å². The molecule has 28 heavy (non-hydrogen) atoms. The van der Waals surface area contributed by atoms with Gasteiger partial charge in [-0.15, -0.1) is 0 Å². The molecule has 0 fully saturated rings. The number of fused-ring (bicyclic) bond motifs is 1. The summed E-state index contributed by atoms with van der Waals surface area (Å²) >= 11 is 0. The molecule has 0 atom stereocenters. The monoisotopic (exact) mass is 376 g/mol. The molecule has 2 aromatic rings. The zero-order valence-corrected chi connectivity index (χ0v) is 16.4. The standard InChI is InChI=1S/C24H24O4/c1-4-27-23(26)19-12-14-24(2,3)21-11-10-17(16-20(19)21)13-15-28-22(25)18-8-6-5-7-9-18/h5-13,15-16H,4,14H2,1-3H3. The van der Waals surface area contributed by atoms with Crippen LogP contribution >= 0.6 is 0 Å². The second kappa shape index (κ2) is 8.26. The first-order valence-electron chi connectivity index (χ1n) is 9.37. The number of allylic oxidation sites excluding steroid dienone is 1. The Labute approximate surface area is 165 Å². The normalized spacial score (nSPS) is 14.9. The topological polar surface area (TPSA) is 52.6 Å². The minimum absolute atomic E-state index is 0.0622. The van der Waals surface area contributed by atoms with Gasteiger partial charge in [0, 0.05) is 0 Å². The van der Waals surface area contributed by atoms with Gasteiger partial charge in [0.25, 0.3) is 0 Å². The Morgan fingerprint density at radius 3 is 2.54 bits per heavy atom. The number of carbonyl (C=O) groups is 2. The van der Waals surface area contributed by atoms with Crippen LogP contribution in [0, 0.1) is 0 Å². The molecule has 0 amide bonds. The summed E-state index contributed by atoms with van der Waals surface area (Å²) in [6.45, 7) is 6.44. The quantitative estimate of drug-likeness (QED) is 0.535. The number of carbonyl (C=O) groups excluding carboxylic acids is 2. The number of benzene rings is 2. The summed E-state index contributed by atoms with van der Waals surface area (Å²) < 4.78 is 10.4. The van der Waals surface area contributed by atoms with Crippen molar-refractivity contribution in [3.8, 4) is 0 Å². The van der Waals surface area contributed by atoms with E-state index in [0.717, 1.165) is 23.1 Å². The van der Waals surface area contributed by atoms with Crippen LogP contribution in [0.4, 0.5) is 0 Å². The lowest BCUT2D eigenvalue weighted by molar-refractivity contribution is -0.136. The van der Waals surface area contributed by atoms with Crippen LogP contribution in [0.1, 0.15) is 54.2 Å². The summed E-state index contributed by atoms with van der Waals surface area (Å²) in [6, 6.07) is 14.7. The molecule has 0 saturated heterocycles. The van der Waals surface area contributed by atoms with Gasteiger partial charge in [0.15, 0.2) is 0 Å². The van der Waals surface area contributed by atoms with Crippen molar-refractivity contribution in [2.24, 2.45) is 0 Å². The first-order chi connectivity index (χ1) is 13.4. The van der Waals surface area contributed by atoms with Gasteiger partial charge < -0.3 is 9.47 Å². The lowest BCUT2D eigenvalue weighted by Gasteiger charge is -2.31. The molecule has 1 aliphatic rings. The van der Waals surface area contributed by atoms with Crippen LogP contribution < -0.4 is 0 Å². The summed E-state index contributed by atoms with van der Waals surface area (Å²) in [5, 5.41) is 0. The SMILES string of the molecule is CCOC(=O)C1=CCC(C)(C)c2ccc(C=COC(=O)c3ccccc3)cc21. The Kier molecular flexibility index (Phi) is 5.78. The third-order valence-corrected chi connectivity index (χ3v) is 4.82. The van der Waals surface area contributed by atoms with E-state index in [1.165, 1.54) is 6.26 Å². The summed E-state index contributed by atoms with van der Waals surface area (Å²) in [6.07, 6.45) is 5.81. The van der Waals surface area contributed by atoms with E-state index in [2.05, 4.69) is 13.8 Å². The van der Waals surface area contributed by atoms with Crippen molar-refractivity contribution in [3.63, 3.8) is 0 Å². The Morgan fingerprint density at radius 1 is 1.07 bits per heavy atom. The highest BCUT2D eigenvalue weighted by Crippen LogP contribution is 2.39. The zero-order valence-electron chi connectivity index (χ0n) is 16.4. The Hall–Kier alpha value is -3.14. The summed E-state index contributed by atoms with van der Waals surface area (Å²) in [7, 11) is 0. The van der Waals surface area contributed by atoms with Gasteiger partial charge in [-0.1, -0.05) is 50.3 Å². The minimum atomic E-state index is -0.414. The summed E-state index contributed by atoms with van der Waals surface area (Å²) in [4.78, 5) is 24.4. The number of esters is 2. The van der Waals surface area contributed by atoms with E-state index >= 15 is 0 Å².